The molecule has 4 N–H and O–H groups in total. The van der Waals surface area contributed by atoms with Gasteiger partial charge in [-0.05, 0) is 61.6 Å². The first-order valence-corrected chi connectivity index (χ1v) is 24.9. The van der Waals surface area contributed by atoms with E-state index in [0.717, 1.165) is 60.0 Å². The zero-order chi connectivity index (χ0) is 54.6. The van der Waals surface area contributed by atoms with Crippen molar-refractivity contribution < 1.29 is 75.6 Å². The lowest BCUT2D eigenvalue weighted by Gasteiger charge is -2.26. The summed E-state index contributed by atoms with van der Waals surface area (Å²) in [5.41, 5.74) is 6.17. The maximum Gasteiger partial charge on any atom is 0.416 e. The molecule has 0 aromatic heterocycles. The van der Waals surface area contributed by atoms with Crippen LogP contribution < -0.4 is 15.4 Å². The minimum Gasteiger partial charge on any atom is -0.480 e. The number of nitrogens with zero attached hydrogens (tertiary/aromatic N) is 3. The Balaban J connectivity index is 0.00000101. The number of carboxylic acids is 1. The van der Waals surface area contributed by atoms with Gasteiger partial charge in [-0.2, -0.15) is 13.2 Å². The van der Waals surface area contributed by atoms with Gasteiger partial charge in [0.05, 0.1) is 27.8 Å². The van der Waals surface area contributed by atoms with Crippen LogP contribution in [0.2, 0.25) is 5.02 Å². The van der Waals surface area contributed by atoms with E-state index in [9.17, 15) is 51.8 Å². The fraction of sp³-hybridized carbons (Fsp3) is 0.400. The summed E-state index contributed by atoms with van der Waals surface area (Å²) in [6.45, 7) is 14.3. The van der Waals surface area contributed by atoms with E-state index < -0.39 is 70.7 Å². The number of esters is 2. The molecule has 2 atom stereocenters. The van der Waals surface area contributed by atoms with Gasteiger partial charge in [-0.1, -0.05) is 79.0 Å². The second-order valence-corrected chi connectivity index (χ2v) is 18.5. The highest BCUT2D eigenvalue weighted by atomic mass is 35.5. The molecule has 3 rings (SSSR count). The Hall–Kier alpha value is -5.25. The maximum absolute atomic E-state index is 12.7. The summed E-state index contributed by atoms with van der Waals surface area (Å²) < 4.78 is 68.6. The van der Waals surface area contributed by atoms with E-state index in [0.29, 0.717) is 19.2 Å². The summed E-state index contributed by atoms with van der Waals surface area (Å²) in [6, 6.07) is 10.4. The number of nitro groups is 1. The molecule has 0 spiro atoms. The number of anilines is 1. The van der Waals surface area contributed by atoms with Crippen LogP contribution >= 0.6 is 53.8 Å². The van der Waals surface area contributed by atoms with E-state index in [1.54, 1.807) is 24.2 Å². The Kier molecular flexibility index (Phi) is 30.9. The Labute approximate surface area is 428 Å². The van der Waals surface area contributed by atoms with E-state index in [1.807, 2.05) is 18.2 Å². The second kappa shape index (κ2) is 33.4. The molecule has 0 radical (unpaired) electrons. The van der Waals surface area contributed by atoms with E-state index >= 15 is 0 Å². The molecule has 71 heavy (non-hydrogen) atoms. The van der Waals surface area contributed by atoms with E-state index in [2.05, 4.69) is 31.7 Å². The Morgan fingerprint density at radius 1 is 0.972 bits per heavy atom. The molecule has 3 aromatic rings. The minimum absolute atomic E-state index is 0.0371. The molecule has 0 aliphatic carbocycles. The van der Waals surface area contributed by atoms with Gasteiger partial charge in [0.25, 0.3) is 11.6 Å². The standard InChI is InChI=1S/C18H13ClF3NO7.C14H20ClNO2.C8H11Cl2NO.C5H12NO4P/c1-2-28-16(24)9-29-17(25)12-8-11(4-5-14(12)23(26)27)30-15-6-3-10(7-13(15)19)18(20,21)22;1-4-11-7-6-8-12(5-2)14(11)16(10-18-3)13(17)9-15;1-3-5-11(6-4-2)8(12)7(9)10;1-11(9,10)3-2-4(6)5(7)8/h3-8H,2,9H2,1H3;6-8H,4-5,9-10H2,1-3H3;3-4,7H,1-2,5-6H2;4H,2-3,6H2,1H3,(H,7,8)(H,9,10). The van der Waals surface area contributed by atoms with Crippen LogP contribution in [0, 0.1) is 10.1 Å². The predicted octanol–water partition coefficient (Wildman–Crippen LogP) is 9.45. The molecule has 2 unspecified atom stereocenters. The van der Waals surface area contributed by atoms with Gasteiger partial charge < -0.3 is 39.6 Å². The molecule has 0 bridgehead atoms. The van der Waals surface area contributed by atoms with Gasteiger partial charge in [0.2, 0.25) is 5.91 Å². The molecule has 0 heterocycles. The van der Waals surface area contributed by atoms with Crippen molar-refractivity contribution in [1.82, 2.24) is 4.90 Å². The SMILES string of the molecule is C=CCN(CC=C)C(=O)C(Cl)Cl.CCOC(=O)COC(=O)c1cc(Oc2ccc(C(F)(F)F)cc2Cl)ccc1[N+](=O)[O-].CCc1cccc(CC)c1N(COC)C(=O)CCl.CP(=O)(O)CCC(N)C(=O)O. The van der Waals surface area contributed by atoms with Gasteiger partial charge in [-0.25, -0.2) is 9.59 Å². The molecular weight excluding hydrogens is 1050 g/mol. The summed E-state index contributed by atoms with van der Waals surface area (Å²) in [5, 5.41) is 19.1. The van der Waals surface area contributed by atoms with Crippen LogP contribution in [-0.2, 0) is 57.0 Å². The number of methoxy groups -OCH3 is 1. The number of hydrogen-bond donors (Lipinski definition) is 3. The second-order valence-electron chi connectivity index (χ2n) is 14.2. The summed E-state index contributed by atoms with van der Waals surface area (Å²) in [5.74, 6) is -3.98. The monoisotopic (exact) mass is 1100 g/mol. The van der Waals surface area contributed by atoms with Gasteiger partial charge in [-0.3, -0.25) is 34.0 Å². The molecule has 3 aromatic carbocycles. The molecule has 0 aliphatic rings. The summed E-state index contributed by atoms with van der Waals surface area (Å²) in [7, 11) is -1.52. The van der Waals surface area contributed by atoms with Crippen molar-refractivity contribution in [3.63, 3.8) is 0 Å². The molecule has 18 nitrogen and oxygen atoms in total. The van der Waals surface area contributed by atoms with Gasteiger partial charge in [-0.15, -0.1) is 24.8 Å². The lowest BCUT2D eigenvalue weighted by atomic mass is 10.0. The quantitative estimate of drug-likeness (QED) is 0.0161. The average Bonchev–Trinajstić information content (AvgIpc) is 3.31. The number of hydrogen-bond acceptors (Lipinski definition) is 13. The van der Waals surface area contributed by atoms with Gasteiger partial charge in [0.1, 0.15) is 35.7 Å². The number of carbonyl (C=O) groups is 5. The highest BCUT2D eigenvalue weighted by molar-refractivity contribution is 7.57. The molecule has 2 amide bonds. The third-order valence-corrected chi connectivity index (χ3v) is 10.8. The minimum atomic E-state index is -4.61. The summed E-state index contributed by atoms with van der Waals surface area (Å²) >= 11 is 22.3. The molecule has 0 saturated carbocycles. The first-order valence-electron chi connectivity index (χ1n) is 20.9. The van der Waals surface area contributed by atoms with Crippen molar-refractivity contribution >= 4 is 94.9 Å². The van der Waals surface area contributed by atoms with Gasteiger partial charge >= 0.3 is 24.1 Å². The van der Waals surface area contributed by atoms with Crippen LogP contribution in [0.25, 0.3) is 0 Å². The Morgan fingerprint density at radius 2 is 1.55 bits per heavy atom. The number of ether oxygens (including phenoxy) is 4. The van der Waals surface area contributed by atoms with Crippen LogP contribution in [0.15, 0.2) is 79.9 Å². The lowest BCUT2D eigenvalue weighted by Crippen LogP contribution is -2.35. The Morgan fingerprint density at radius 3 is 1.97 bits per heavy atom. The smallest absolute Gasteiger partial charge is 0.416 e. The number of para-hydroxylation sites is 1. The lowest BCUT2D eigenvalue weighted by molar-refractivity contribution is -0.385. The van der Waals surface area contributed by atoms with Gasteiger partial charge in [0, 0.05) is 45.2 Å². The first kappa shape index (κ1) is 65.8. The molecule has 0 fully saturated rings. The highest BCUT2D eigenvalue weighted by Crippen LogP contribution is 2.38. The fourth-order valence-corrected chi connectivity index (χ4v) is 6.82. The number of alkyl halides is 6. The van der Waals surface area contributed by atoms with Crippen molar-refractivity contribution in [1.29, 1.82) is 0 Å². The number of rotatable bonds is 22. The number of halogens is 7. The fourth-order valence-electron chi connectivity index (χ4n) is 5.42. The largest absolute Gasteiger partial charge is 0.480 e. The number of aryl methyl sites for hydroxylation is 2. The normalized spacial score (nSPS) is 11.8. The Bertz CT molecular complexity index is 2290. The molecule has 26 heteroatoms. The van der Waals surface area contributed by atoms with Crippen LogP contribution in [0.1, 0.15) is 54.2 Å². The van der Waals surface area contributed by atoms with Crippen LogP contribution in [0.5, 0.6) is 11.5 Å². The summed E-state index contributed by atoms with van der Waals surface area (Å²) in [4.78, 5) is 77.9. The predicted molar refractivity (Wildman–Crippen MR) is 265 cm³/mol. The third kappa shape index (κ3) is 24.6. The number of aliphatic carboxylic acids is 1. The molecule has 0 saturated heterocycles. The third-order valence-electron chi connectivity index (χ3n) is 8.78. The molecule has 0 aliphatic heterocycles. The van der Waals surface area contributed by atoms with E-state index in [4.69, 9.17) is 76.3 Å². The van der Waals surface area contributed by atoms with Crippen LogP contribution in [-0.4, -0.2) is 119 Å². The molecular formula is C45H56Cl4F3N4O14P. The first-order chi connectivity index (χ1) is 33.2. The number of carbonyl (C=O) groups excluding carboxylic acids is 4. The highest BCUT2D eigenvalue weighted by Gasteiger charge is 2.31. The zero-order valence-corrected chi connectivity index (χ0v) is 43.2. The number of amides is 2. The number of benzene rings is 3. The van der Waals surface area contributed by atoms with Crippen molar-refractivity contribution in [3.8, 4) is 11.5 Å². The van der Waals surface area contributed by atoms with Crippen molar-refractivity contribution in [3.05, 3.63) is 117 Å². The van der Waals surface area contributed by atoms with E-state index in [1.165, 1.54) is 18.5 Å². The zero-order valence-electron chi connectivity index (χ0n) is 39.3. The van der Waals surface area contributed by atoms with Gasteiger partial charge in [0.15, 0.2) is 18.8 Å². The van der Waals surface area contributed by atoms with Crippen LogP contribution in [0.3, 0.4) is 0 Å². The molecule has 394 valence electrons. The van der Waals surface area contributed by atoms with Crippen molar-refractivity contribution in [2.75, 3.05) is 63.8 Å². The van der Waals surface area contributed by atoms with Crippen molar-refractivity contribution in [2.45, 2.75) is 57.1 Å². The average molecular weight is 1110 g/mol. The number of nitro benzene ring substituents is 1. The topological polar surface area (TPSA) is 255 Å². The number of carboxylic acid groups (broad SMARTS) is 1. The van der Waals surface area contributed by atoms with Crippen molar-refractivity contribution in [2.24, 2.45) is 5.73 Å². The summed E-state index contributed by atoms with van der Waals surface area (Å²) in [6.07, 6.45) is 0.360. The van der Waals surface area contributed by atoms with E-state index in [-0.39, 0.29) is 60.1 Å². The van der Waals surface area contributed by atoms with Crippen LogP contribution in [0.4, 0.5) is 24.5 Å². The maximum atomic E-state index is 12.7. The number of nitrogens with two attached hydrogens (primary N) is 1.